The van der Waals surface area contributed by atoms with Gasteiger partial charge in [0.05, 0.1) is 23.6 Å². The van der Waals surface area contributed by atoms with Crippen LogP contribution in [0.2, 0.25) is 0 Å². The van der Waals surface area contributed by atoms with Crippen molar-refractivity contribution in [2.45, 2.75) is 38.8 Å². The van der Waals surface area contributed by atoms with Gasteiger partial charge in [-0.15, -0.1) is 0 Å². The largest absolute Gasteiger partial charge is 0.382 e. The van der Waals surface area contributed by atoms with E-state index in [1.807, 2.05) is 0 Å². The highest BCUT2D eigenvalue weighted by Crippen LogP contribution is 2.36. The van der Waals surface area contributed by atoms with E-state index >= 15 is 0 Å². The van der Waals surface area contributed by atoms with E-state index < -0.39 is 0 Å². The van der Waals surface area contributed by atoms with Crippen LogP contribution in [-0.2, 0) is 6.54 Å². The zero-order valence-corrected chi connectivity index (χ0v) is 16.2. The van der Waals surface area contributed by atoms with E-state index in [2.05, 4.69) is 74.1 Å². The Labute approximate surface area is 165 Å². The number of rotatable bonds is 6. The maximum Gasteiger partial charge on any atom is 0.137 e. The molecule has 0 spiro atoms. The number of benzene rings is 2. The molecule has 28 heavy (non-hydrogen) atoms. The number of nitrogens with zero attached hydrogens (tertiary/aromatic N) is 3. The molecule has 1 aliphatic carbocycles. The molecule has 5 rings (SSSR count). The van der Waals surface area contributed by atoms with Gasteiger partial charge < -0.3 is 20.9 Å². The predicted molar refractivity (Wildman–Crippen MR) is 116 cm³/mol. The van der Waals surface area contributed by atoms with Crippen molar-refractivity contribution in [2.75, 3.05) is 34.1 Å². The first-order valence-electron chi connectivity index (χ1n) is 10.2. The Bertz CT molecular complexity index is 997. The van der Waals surface area contributed by atoms with Crippen LogP contribution in [0, 0.1) is 0 Å². The minimum absolute atomic E-state index is 0.621. The van der Waals surface area contributed by atoms with Crippen molar-refractivity contribution < 1.29 is 0 Å². The Morgan fingerprint density at radius 2 is 2.07 bits per heavy atom. The zero-order chi connectivity index (χ0) is 18.9. The van der Waals surface area contributed by atoms with E-state index in [1.54, 1.807) is 6.33 Å². The molecule has 0 saturated heterocycles. The summed E-state index contributed by atoms with van der Waals surface area (Å²) in [6.07, 6.45) is 5.52. The first kappa shape index (κ1) is 17.1. The van der Waals surface area contributed by atoms with Gasteiger partial charge in [-0.3, -0.25) is 0 Å². The van der Waals surface area contributed by atoms with Crippen molar-refractivity contribution in [3.8, 4) is 0 Å². The SMILES string of the molecule is CCN1CNc2cc3c(NCc4ccccc4NC4CCC4)ncnc3cc21. The molecule has 144 valence electrons. The molecule has 6 heteroatoms. The number of anilines is 4. The summed E-state index contributed by atoms with van der Waals surface area (Å²) < 4.78 is 0. The van der Waals surface area contributed by atoms with Crippen molar-refractivity contribution >= 4 is 33.8 Å². The van der Waals surface area contributed by atoms with Crippen molar-refractivity contribution in [2.24, 2.45) is 0 Å². The van der Waals surface area contributed by atoms with Crippen LogP contribution in [0.15, 0.2) is 42.7 Å². The molecule has 2 aliphatic rings. The third-order valence-corrected chi connectivity index (χ3v) is 5.86. The molecule has 2 heterocycles. The molecule has 1 saturated carbocycles. The molecule has 1 aliphatic heterocycles. The number of nitrogens with one attached hydrogen (secondary N) is 3. The number of aromatic nitrogens is 2. The van der Waals surface area contributed by atoms with Crippen LogP contribution in [0.3, 0.4) is 0 Å². The first-order chi connectivity index (χ1) is 13.8. The minimum atomic E-state index is 0.621. The quantitative estimate of drug-likeness (QED) is 0.594. The topological polar surface area (TPSA) is 65.1 Å². The van der Waals surface area contributed by atoms with Gasteiger partial charge in [-0.05, 0) is 49.9 Å². The Morgan fingerprint density at radius 3 is 2.89 bits per heavy atom. The molecule has 6 nitrogen and oxygen atoms in total. The second kappa shape index (κ2) is 7.19. The van der Waals surface area contributed by atoms with Gasteiger partial charge in [-0.25, -0.2) is 9.97 Å². The highest BCUT2D eigenvalue weighted by Gasteiger charge is 2.20. The molecule has 0 amide bonds. The Balaban J connectivity index is 1.40. The molecular formula is C22H26N6. The molecule has 0 radical (unpaired) electrons. The summed E-state index contributed by atoms with van der Waals surface area (Å²) in [6.45, 7) is 4.72. The van der Waals surface area contributed by atoms with Gasteiger partial charge >= 0.3 is 0 Å². The normalized spacial score (nSPS) is 15.8. The maximum absolute atomic E-state index is 4.52. The summed E-state index contributed by atoms with van der Waals surface area (Å²) in [5.74, 6) is 0.878. The van der Waals surface area contributed by atoms with Gasteiger partial charge in [0.1, 0.15) is 12.1 Å². The number of fused-ring (bicyclic) bond motifs is 2. The maximum atomic E-state index is 4.52. The third-order valence-electron chi connectivity index (χ3n) is 5.86. The van der Waals surface area contributed by atoms with E-state index in [9.17, 15) is 0 Å². The monoisotopic (exact) mass is 374 g/mol. The Morgan fingerprint density at radius 1 is 1.18 bits per heavy atom. The van der Waals surface area contributed by atoms with Gasteiger partial charge in [-0.1, -0.05) is 18.2 Å². The number of para-hydroxylation sites is 1. The lowest BCUT2D eigenvalue weighted by atomic mass is 9.92. The molecule has 1 fully saturated rings. The molecule has 0 unspecified atom stereocenters. The summed E-state index contributed by atoms with van der Waals surface area (Å²) in [5.41, 5.74) is 5.82. The van der Waals surface area contributed by atoms with Crippen LogP contribution < -0.4 is 20.9 Å². The molecule has 1 aromatic heterocycles. The number of hydrogen-bond acceptors (Lipinski definition) is 6. The zero-order valence-electron chi connectivity index (χ0n) is 16.2. The lowest BCUT2D eigenvalue weighted by molar-refractivity contribution is 0.445. The summed E-state index contributed by atoms with van der Waals surface area (Å²) in [6, 6.07) is 13.5. The van der Waals surface area contributed by atoms with Gasteiger partial charge in [-0.2, -0.15) is 0 Å². The number of hydrogen-bond donors (Lipinski definition) is 3. The minimum Gasteiger partial charge on any atom is -0.382 e. The summed E-state index contributed by atoms with van der Waals surface area (Å²) in [5, 5.41) is 11.7. The fourth-order valence-corrected chi connectivity index (χ4v) is 3.95. The molecule has 0 atom stereocenters. The van der Waals surface area contributed by atoms with E-state index in [1.165, 1.54) is 36.2 Å². The fraction of sp³-hybridized carbons (Fsp3) is 0.364. The van der Waals surface area contributed by atoms with E-state index in [4.69, 9.17) is 0 Å². The van der Waals surface area contributed by atoms with Crippen LogP contribution in [-0.4, -0.2) is 29.2 Å². The Hall–Kier alpha value is -3.02. The van der Waals surface area contributed by atoms with Crippen LogP contribution in [0.4, 0.5) is 22.9 Å². The molecule has 0 bridgehead atoms. The van der Waals surface area contributed by atoms with Crippen molar-refractivity contribution in [1.82, 2.24) is 9.97 Å². The van der Waals surface area contributed by atoms with Crippen molar-refractivity contribution in [3.63, 3.8) is 0 Å². The van der Waals surface area contributed by atoms with E-state index in [0.717, 1.165) is 42.2 Å². The van der Waals surface area contributed by atoms with E-state index in [-0.39, 0.29) is 0 Å². The van der Waals surface area contributed by atoms with Gasteiger partial charge in [0.2, 0.25) is 0 Å². The molecule has 2 aromatic carbocycles. The predicted octanol–water partition coefficient (Wildman–Crippen LogP) is 4.42. The average molecular weight is 374 g/mol. The van der Waals surface area contributed by atoms with Crippen LogP contribution >= 0.6 is 0 Å². The second-order valence-corrected chi connectivity index (χ2v) is 7.58. The first-order valence-corrected chi connectivity index (χ1v) is 10.2. The molecular weight excluding hydrogens is 348 g/mol. The molecule has 3 aromatic rings. The van der Waals surface area contributed by atoms with Crippen LogP contribution in [0.1, 0.15) is 31.7 Å². The smallest absolute Gasteiger partial charge is 0.137 e. The van der Waals surface area contributed by atoms with Crippen LogP contribution in [0.25, 0.3) is 10.9 Å². The summed E-state index contributed by atoms with van der Waals surface area (Å²) in [7, 11) is 0. The summed E-state index contributed by atoms with van der Waals surface area (Å²) in [4.78, 5) is 11.3. The molecule has 3 N–H and O–H groups in total. The van der Waals surface area contributed by atoms with Gasteiger partial charge in [0.15, 0.2) is 0 Å². The van der Waals surface area contributed by atoms with Crippen molar-refractivity contribution in [3.05, 3.63) is 48.3 Å². The van der Waals surface area contributed by atoms with E-state index in [0.29, 0.717) is 6.04 Å². The van der Waals surface area contributed by atoms with Gasteiger partial charge in [0, 0.05) is 30.2 Å². The average Bonchev–Trinajstić information content (AvgIpc) is 3.10. The van der Waals surface area contributed by atoms with Crippen molar-refractivity contribution in [1.29, 1.82) is 0 Å². The Kier molecular flexibility index (Phi) is 4.39. The second-order valence-electron chi connectivity index (χ2n) is 7.58. The lowest BCUT2D eigenvalue weighted by Gasteiger charge is -2.28. The lowest BCUT2D eigenvalue weighted by Crippen LogP contribution is -2.27. The third kappa shape index (κ3) is 3.09. The summed E-state index contributed by atoms with van der Waals surface area (Å²) >= 11 is 0. The van der Waals surface area contributed by atoms with Gasteiger partial charge in [0.25, 0.3) is 0 Å². The fourth-order valence-electron chi connectivity index (χ4n) is 3.95. The highest BCUT2D eigenvalue weighted by atomic mass is 15.3. The standard InChI is InChI=1S/C22H26N6/c1-2-28-14-26-20-10-17-19(11-21(20)28)24-13-25-22(17)23-12-15-6-3-4-9-18(15)27-16-7-5-8-16/h3-4,6,9-11,13,16,26-27H,2,5,7-8,12,14H2,1H3,(H,23,24,25). The van der Waals surface area contributed by atoms with Crippen LogP contribution in [0.5, 0.6) is 0 Å². The highest BCUT2D eigenvalue weighted by molar-refractivity contribution is 5.97.